The molecule has 1 aliphatic heterocycles. The maximum absolute atomic E-state index is 10.2. The Morgan fingerprint density at radius 2 is 2.21 bits per heavy atom. The van der Waals surface area contributed by atoms with Crippen molar-refractivity contribution in [3.05, 3.63) is 41.0 Å². The normalized spacial score (nSPS) is 17.7. The molecule has 4 rings (SSSR count). The van der Waals surface area contributed by atoms with Crippen LogP contribution in [0.15, 0.2) is 30.5 Å². The third kappa shape index (κ3) is 2.74. The van der Waals surface area contributed by atoms with Crippen LogP contribution in [0.5, 0.6) is 5.75 Å². The predicted octanol–water partition coefficient (Wildman–Crippen LogP) is 3.80. The van der Waals surface area contributed by atoms with Gasteiger partial charge in [-0.3, -0.25) is 0 Å². The molecule has 1 fully saturated rings. The number of aryl methyl sites for hydroxylation is 1. The van der Waals surface area contributed by atoms with Crippen molar-refractivity contribution in [1.82, 2.24) is 14.8 Å². The van der Waals surface area contributed by atoms with Crippen LogP contribution >= 0.6 is 11.6 Å². The van der Waals surface area contributed by atoms with Crippen molar-refractivity contribution < 1.29 is 9.84 Å². The van der Waals surface area contributed by atoms with E-state index in [4.69, 9.17) is 16.3 Å². The first kappa shape index (κ1) is 15.4. The number of halogens is 1. The Hall–Kier alpha value is -2.11. The van der Waals surface area contributed by atoms with Gasteiger partial charge >= 0.3 is 0 Å². The lowest BCUT2D eigenvalue weighted by molar-refractivity contribution is 0.182. The fraction of sp³-hybridized carbons (Fsp3) is 0.333. The minimum Gasteiger partial charge on any atom is -0.507 e. The maximum Gasteiger partial charge on any atom is 0.162 e. The lowest BCUT2D eigenvalue weighted by atomic mass is 10.0. The average Bonchev–Trinajstić information content (AvgIpc) is 3.17. The summed E-state index contributed by atoms with van der Waals surface area (Å²) < 4.78 is 7.57. The molecular weight excluding hydrogens is 326 g/mol. The summed E-state index contributed by atoms with van der Waals surface area (Å²) in [5.74, 6) is 0.654. The number of aromatic hydroxyl groups is 1. The topological polar surface area (TPSA) is 60.2 Å². The SMILES string of the molecule is Cc1cc(Cl)cc(O)c1-c1cc2ccn(CC3CCOC3)c2nn1. The number of phenols is 1. The summed E-state index contributed by atoms with van der Waals surface area (Å²) >= 11 is 5.98. The molecule has 0 spiro atoms. The molecule has 1 saturated heterocycles. The monoisotopic (exact) mass is 343 g/mol. The minimum absolute atomic E-state index is 0.121. The van der Waals surface area contributed by atoms with E-state index in [9.17, 15) is 5.11 Å². The minimum atomic E-state index is 0.121. The van der Waals surface area contributed by atoms with Gasteiger partial charge in [-0.25, -0.2) is 0 Å². The summed E-state index contributed by atoms with van der Waals surface area (Å²) in [4.78, 5) is 0. The Balaban J connectivity index is 1.72. The zero-order valence-corrected chi connectivity index (χ0v) is 14.1. The van der Waals surface area contributed by atoms with Gasteiger partial charge in [0.1, 0.15) is 5.75 Å². The van der Waals surface area contributed by atoms with Crippen LogP contribution in [-0.2, 0) is 11.3 Å². The first-order valence-corrected chi connectivity index (χ1v) is 8.39. The second-order valence-corrected chi connectivity index (χ2v) is 6.76. The van der Waals surface area contributed by atoms with Gasteiger partial charge in [-0.1, -0.05) is 11.6 Å². The van der Waals surface area contributed by atoms with Gasteiger partial charge in [-0.15, -0.1) is 10.2 Å². The maximum atomic E-state index is 10.2. The summed E-state index contributed by atoms with van der Waals surface area (Å²) in [7, 11) is 0. The van der Waals surface area contributed by atoms with Gasteiger partial charge in [-0.2, -0.15) is 0 Å². The number of ether oxygens (including phenoxy) is 1. The zero-order chi connectivity index (χ0) is 16.7. The molecular formula is C18H18ClN3O2. The fourth-order valence-electron chi connectivity index (χ4n) is 3.32. The van der Waals surface area contributed by atoms with E-state index in [1.807, 2.05) is 31.3 Å². The second kappa shape index (κ2) is 6.07. The highest BCUT2D eigenvalue weighted by molar-refractivity contribution is 6.31. The van der Waals surface area contributed by atoms with Gasteiger partial charge < -0.3 is 14.4 Å². The number of aromatic nitrogens is 3. The third-order valence-corrected chi connectivity index (χ3v) is 4.74. The summed E-state index contributed by atoms with van der Waals surface area (Å²) in [6.07, 6.45) is 3.12. The van der Waals surface area contributed by atoms with Crippen LogP contribution in [0.25, 0.3) is 22.3 Å². The van der Waals surface area contributed by atoms with E-state index >= 15 is 0 Å². The van der Waals surface area contributed by atoms with Crippen LogP contribution < -0.4 is 0 Å². The van der Waals surface area contributed by atoms with Crippen LogP contribution in [0, 0.1) is 12.8 Å². The van der Waals surface area contributed by atoms with Gasteiger partial charge in [0.25, 0.3) is 0 Å². The number of rotatable bonds is 3. The lowest BCUT2D eigenvalue weighted by Crippen LogP contribution is -2.10. The van der Waals surface area contributed by atoms with E-state index in [1.165, 1.54) is 6.07 Å². The quantitative estimate of drug-likeness (QED) is 0.785. The number of hydrogen-bond donors (Lipinski definition) is 1. The van der Waals surface area contributed by atoms with E-state index < -0.39 is 0 Å². The summed E-state index contributed by atoms with van der Waals surface area (Å²) in [6.45, 7) is 4.44. The van der Waals surface area contributed by atoms with E-state index in [2.05, 4.69) is 14.8 Å². The molecule has 3 aromatic rings. The molecule has 24 heavy (non-hydrogen) atoms. The Kier molecular flexibility index (Phi) is 3.90. The molecule has 6 heteroatoms. The second-order valence-electron chi connectivity index (χ2n) is 6.32. The lowest BCUT2D eigenvalue weighted by Gasteiger charge is -2.10. The van der Waals surface area contributed by atoms with Crippen molar-refractivity contribution in [1.29, 1.82) is 0 Å². The first-order valence-electron chi connectivity index (χ1n) is 8.01. The first-order chi connectivity index (χ1) is 11.6. The molecule has 124 valence electrons. The average molecular weight is 344 g/mol. The number of hydrogen-bond acceptors (Lipinski definition) is 4. The van der Waals surface area contributed by atoms with Gasteiger partial charge in [0.05, 0.1) is 12.3 Å². The van der Waals surface area contributed by atoms with Crippen LogP contribution in [0.3, 0.4) is 0 Å². The molecule has 1 aromatic carbocycles. The third-order valence-electron chi connectivity index (χ3n) is 4.52. The largest absolute Gasteiger partial charge is 0.507 e. The Morgan fingerprint density at radius 3 is 2.96 bits per heavy atom. The molecule has 0 aliphatic carbocycles. The smallest absolute Gasteiger partial charge is 0.162 e. The molecule has 5 nitrogen and oxygen atoms in total. The van der Waals surface area contributed by atoms with Crippen molar-refractivity contribution in [3.63, 3.8) is 0 Å². The van der Waals surface area contributed by atoms with Gasteiger partial charge in [0, 0.05) is 41.2 Å². The van der Waals surface area contributed by atoms with E-state index in [0.29, 0.717) is 22.2 Å². The number of phenolic OH excluding ortho intramolecular Hbond substituents is 1. The predicted molar refractivity (Wildman–Crippen MR) is 93.3 cm³/mol. The number of benzene rings is 1. The Labute approximate surface area is 144 Å². The number of fused-ring (bicyclic) bond motifs is 1. The molecule has 1 atom stereocenters. The molecule has 2 aromatic heterocycles. The summed E-state index contributed by atoms with van der Waals surface area (Å²) in [6, 6.07) is 7.33. The van der Waals surface area contributed by atoms with Gasteiger partial charge in [0.2, 0.25) is 0 Å². The molecule has 3 heterocycles. The summed E-state index contributed by atoms with van der Waals surface area (Å²) in [5, 5.41) is 20.5. The van der Waals surface area contributed by atoms with E-state index in [-0.39, 0.29) is 5.75 Å². The van der Waals surface area contributed by atoms with Gasteiger partial charge in [-0.05, 0) is 43.2 Å². The van der Waals surface area contributed by atoms with Crippen LogP contribution in [0.4, 0.5) is 0 Å². The van der Waals surface area contributed by atoms with E-state index in [0.717, 1.165) is 42.8 Å². The zero-order valence-electron chi connectivity index (χ0n) is 13.4. The van der Waals surface area contributed by atoms with Crippen molar-refractivity contribution in [3.8, 4) is 17.0 Å². The highest BCUT2D eigenvalue weighted by Crippen LogP contribution is 2.34. The van der Waals surface area contributed by atoms with Crippen LogP contribution in [0.1, 0.15) is 12.0 Å². The van der Waals surface area contributed by atoms with Crippen molar-refractivity contribution in [2.45, 2.75) is 19.9 Å². The standard InChI is InChI=1S/C18H18ClN3O2/c1-11-6-14(19)8-16(23)17(11)15-7-13-2-4-22(18(13)21-20-15)9-12-3-5-24-10-12/h2,4,6-8,12,23H,3,5,9-10H2,1H3. The molecule has 0 radical (unpaired) electrons. The van der Waals surface area contributed by atoms with E-state index in [1.54, 1.807) is 0 Å². The highest BCUT2D eigenvalue weighted by atomic mass is 35.5. The molecule has 1 N–H and O–H groups in total. The fourth-order valence-corrected chi connectivity index (χ4v) is 3.59. The Morgan fingerprint density at radius 1 is 1.33 bits per heavy atom. The van der Waals surface area contributed by atoms with Crippen LogP contribution in [-0.4, -0.2) is 33.1 Å². The molecule has 1 aliphatic rings. The molecule has 0 saturated carbocycles. The molecule has 1 unspecified atom stereocenters. The highest BCUT2D eigenvalue weighted by Gasteiger charge is 2.18. The molecule has 0 bridgehead atoms. The summed E-state index contributed by atoms with van der Waals surface area (Å²) in [5.41, 5.74) is 3.05. The van der Waals surface area contributed by atoms with Crippen LogP contribution in [0.2, 0.25) is 5.02 Å². The number of nitrogens with zero attached hydrogens (tertiary/aromatic N) is 3. The van der Waals surface area contributed by atoms with Crippen molar-refractivity contribution in [2.24, 2.45) is 5.92 Å². The Bertz CT molecular complexity index is 877. The van der Waals surface area contributed by atoms with Gasteiger partial charge in [0.15, 0.2) is 5.65 Å². The van der Waals surface area contributed by atoms with Crippen molar-refractivity contribution in [2.75, 3.05) is 13.2 Å². The van der Waals surface area contributed by atoms with Crippen molar-refractivity contribution >= 4 is 22.6 Å². The molecule has 0 amide bonds.